The van der Waals surface area contributed by atoms with E-state index >= 15 is 0 Å². The van der Waals surface area contributed by atoms with Crippen LogP contribution >= 0.6 is 0 Å². The van der Waals surface area contributed by atoms with Crippen LogP contribution in [0.4, 0.5) is 0 Å². The second-order valence-electron chi connectivity index (χ2n) is 20.9. The van der Waals surface area contributed by atoms with Crippen molar-refractivity contribution in [1.82, 2.24) is 0 Å². The minimum atomic E-state index is -0.814. The molecule has 0 bridgehead atoms. The van der Waals surface area contributed by atoms with E-state index in [1.54, 1.807) is 0 Å². The number of ether oxygens (including phenoxy) is 3. The van der Waals surface area contributed by atoms with Gasteiger partial charge in [0.25, 0.3) is 0 Å². The van der Waals surface area contributed by atoms with E-state index in [4.69, 9.17) is 14.2 Å². The van der Waals surface area contributed by atoms with Crippen molar-refractivity contribution in [2.24, 2.45) is 0 Å². The number of hydrogen-bond donors (Lipinski definition) is 0. The molecular weight excluding hydrogens is 973 g/mol. The van der Waals surface area contributed by atoms with Gasteiger partial charge in [-0.3, -0.25) is 14.4 Å². The van der Waals surface area contributed by atoms with Crippen molar-refractivity contribution in [2.75, 3.05) is 13.2 Å². The number of carbonyl (C=O) groups is 3. The summed E-state index contributed by atoms with van der Waals surface area (Å²) < 4.78 is 16.9. The molecule has 0 aliphatic rings. The van der Waals surface area contributed by atoms with Gasteiger partial charge >= 0.3 is 17.9 Å². The van der Waals surface area contributed by atoms with Crippen molar-refractivity contribution >= 4 is 17.9 Å². The molecule has 79 heavy (non-hydrogen) atoms. The summed E-state index contributed by atoms with van der Waals surface area (Å²) in [5.41, 5.74) is 0. The van der Waals surface area contributed by atoms with Crippen LogP contribution < -0.4 is 0 Å². The molecule has 0 saturated heterocycles. The van der Waals surface area contributed by atoms with Crippen molar-refractivity contribution in [2.45, 2.75) is 284 Å². The maximum absolute atomic E-state index is 12.9. The van der Waals surface area contributed by atoms with Crippen molar-refractivity contribution in [3.05, 3.63) is 146 Å². The van der Waals surface area contributed by atoms with Crippen molar-refractivity contribution in [1.29, 1.82) is 0 Å². The standard InChI is InChI=1S/C73H118O6/c1-4-7-10-13-16-19-22-25-28-30-32-34-35-36-37-39-40-42-45-48-51-54-57-60-63-66-72(75)78-69-70(68-77-71(74)65-62-59-56-53-50-47-44-27-24-21-18-15-12-9-6-3)79-73(76)67-64-61-58-55-52-49-46-43-41-38-33-31-29-26-23-20-17-14-11-8-5-2/h7-8,10-11,16-17,19-20,25-26,28-29,32-34,36-38,40,42-43,46,52,55,70H,4-6,9,12-15,18,21-24,27,30-31,35,39,41,44-45,47-51,53-54,56-69H2,1-3H3/b10-7-,11-8-,19-16-,20-17-,28-25-,29-26-,34-32-,37-36-,38-33-,42-40-,46-43-,55-52-. The maximum atomic E-state index is 12.9. The van der Waals surface area contributed by atoms with Crippen molar-refractivity contribution in [3.63, 3.8) is 0 Å². The largest absolute Gasteiger partial charge is 0.462 e. The monoisotopic (exact) mass is 1090 g/mol. The van der Waals surface area contributed by atoms with Crippen LogP contribution in [0, 0.1) is 0 Å². The molecule has 0 heterocycles. The van der Waals surface area contributed by atoms with Crippen LogP contribution in [0.2, 0.25) is 0 Å². The maximum Gasteiger partial charge on any atom is 0.306 e. The molecule has 0 N–H and O–H groups in total. The van der Waals surface area contributed by atoms with Gasteiger partial charge in [0.1, 0.15) is 13.2 Å². The Kier molecular flexibility index (Phi) is 61.9. The molecule has 0 aromatic heterocycles. The predicted octanol–water partition coefficient (Wildman–Crippen LogP) is 22.3. The Morgan fingerprint density at radius 3 is 0.797 bits per heavy atom. The van der Waals surface area contributed by atoms with Crippen LogP contribution in [0.1, 0.15) is 278 Å². The van der Waals surface area contributed by atoms with Crippen LogP contribution in [0.3, 0.4) is 0 Å². The van der Waals surface area contributed by atoms with Gasteiger partial charge in [-0.25, -0.2) is 0 Å². The van der Waals surface area contributed by atoms with Gasteiger partial charge in [0, 0.05) is 19.3 Å². The molecule has 6 heteroatoms. The van der Waals surface area contributed by atoms with Crippen LogP contribution in [-0.2, 0) is 28.6 Å². The molecule has 6 nitrogen and oxygen atoms in total. The Hall–Kier alpha value is -4.71. The molecule has 0 fully saturated rings. The predicted molar refractivity (Wildman–Crippen MR) is 343 cm³/mol. The molecule has 0 radical (unpaired) electrons. The second kappa shape index (κ2) is 65.8. The average Bonchev–Trinajstić information content (AvgIpc) is 3.45. The van der Waals surface area contributed by atoms with E-state index in [-0.39, 0.29) is 37.5 Å². The zero-order valence-electron chi connectivity index (χ0n) is 51.1. The quantitative estimate of drug-likeness (QED) is 0.0261. The first-order valence-corrected chi connectivity index (χ1v) is 32.3. The normalized spacial score (nSPS) is 13.1. The Balaban J connectivity index is 4.49. The van der Waals surface area contributed by atoms with Crippen LogP contribution in [-0.4, -0.2) is 37.2 Å². The van der Waals surface area contributed by atoms with Gasteiger partial charge in [-0.2, -0.15) is 0 Å². The van der Waals surface area contributed by atoms with E-state index in [2.05, 4.69) is 167 Å². The molecule has 0 aromatic rings. The lowest BCUT2D eigenvalue weighted by atomic mass is 10.0. The number of esters is 3. The van der Waals surface area contributed by atoms with E-state index < -0.39 is 6.10 Å². The minimum absolute atomic E-state index is 0.103. The lowest BCUT2D eigenvalue weighted by Gasteiger charge is -2.18. The summed E-state index contributed by atoms with van der Waals surface area (Å²) in [6.45, 7) is 6.38. The fourth-order valence-electron chi connectivity index (χ4n) is 8.57. The molecule has 1 atom stereocenters. The Morgan fingerprint density at radius 2 is 0.494 bits per heavy atom. The molecular formula is C73H118O6. The number of rotatable bonds is 57. The fraction of sp³-hybridized carbons (Fsp3) is 0.630. The second-order valence-corrected chi connectivity index (χ2v) is 20.9. The molecule has 0 saturated carbocycles. The molecule has 0 amide bonds. The van der Waals surface area contributed by atoms with Crippen LogP contribution in [0.25, 0.3) is 0 Å². The van der Waals surface area contributed by atoms with Gasteiger partial charge in [0.05, 0.1) is 0 Å². The summed E-state index contributed by atoms with van der Waals surface area (Å²) in [6, 6.07) is 0. The summed E-state index contributed by atoms with van der Waals surface area (Å²) in [4.78, 5) is 38.4. The third kappa shape index (κ3) is 64.0. The van der Waals surface area contributed by atoms with Gasteiger partial charge in [-0.05, 0) is 122 Å². The van der Waals surface area contributed by atoms with Crippen LogP contribution in [0.15, 0.2) is 146 Å². The molecule has 0 aromatic carbocycles. The van der Waals surface area contributed by atoms with Gasteiger partial charge in [-0.1, -0.05) is 282 Å². The van der Waals surface area contributed by atoms with Gasteiger partial charge in [0.2, 0.25) is 0 Å². The van der Waals surface area contributed by atoms with E-state index in [0.29, 0.717) is 19.3 Å². The minimum Gasteiger partial charge on any atom is -0.462 e. The topological polar surface area (TPSA) is 78.9 Å². The van der Waals surface area contributed by atoms with Gasteiger partial charge < -0.3 is 14.2 Å². The van der Waals surface area contributed by atoms with Crippen molar-refractivity contribution in [3.8, 4) is 0 Å². The Labute approximate surface area is 487 Å². The SMILES string of the molecule is CC/C=C\C/C=C\C/C=C\C/C=C\C/C=C\C/C=C\CCCCCCCCC(=O)OCC(COC(=O)CCCCCCCCCCCCCCCCC)OC(=O)CCCC/C=C\C/C=C\C/C=C\C/C=C\C/C=C\C/C=C\CC. The summed E-state index contributed by atoms with van der Waals surface area (Å²) in [6.07, 6.45) is 94.2. The van der Waals surface area contributed by atoms with Gasteiger partial charge in [0.15, 0.2) is 6.10 Å². The van der Waals surface area contributed by atoms with Crippen LogP contribution in [0.5, 0.6) is 0 Å². The number of carbonyl (C=O) groups excluding carboxylic acids is 3. The summed E-state index contributed by atoms with van der Waals surface area (Å²) in [5, 5.41) is 0. The fourth-order valence-corrected chi connectivity index (χ4v) is 8.57. The zero-order chi connectivity index (χ0) is 57.1. The molecule has 1 unspecified atom stereocenters. The first-order chi connectivity index (χ1) is 39.0. The van der Waals surface area contributed by atoms with E-state index in [9.17, 15) is 14.4 Å². The first-order valence-electron chi connectivity index (χ1n) is 32.3. The first kappa shape index (κ1) is 74.3. The third-order valence-corrected chi connectivity index (χ3v) is 13.3. The highest BCUT2D eigenvalue weighted by Gasteiger charge is 2.19. The smallest absolute Gasteiger partial charge is 0.306 e. The number of unbranched alkanes of at least 4 members (excludes halogenated alkanes) is 22. The molecule has 446 valence electrons. The lowest BCUT2D eigenvalue weighted by Crippen LogP contribution is -2.30. The highest BCUT2D eigenvalue weighted by molar-refractivity contribution is 5.71. The lowest BCUT2D eigenvalue weighted by molar-refractivity contribution is -0.167. The van der Waals surface area contributed by atoms with Crippen molar-refractivity contribution < 1.29 is 28.6 Å². The number of hydrogen-bond acceptors (Lipinski definition) is 6. The van der Waals surface area contributed by atoms with Gasteiger partial charge in [-0.15, -0.1) is 0 Å². The van der Waals surface area contributed by atoms with E-state index in [0.717, 1.165) is 141 Å². The molecule has 0 aliphatic carbocycles. The summed E-state index contributed by atoms with van der Waals surface area (Å²) in [5.74, 6) is -0.960. The highest BCUT2D eigenvalue weighted by atomic mass is 16.6. The Bertz CT molecular complexity index is 1730. The summed E-state index contributed by atoms with van der Waals surface area (Å²) in [7, 11) is 0. The molecule has 0 spiro atoms. The van der Waals surface area contributed by atoms with E-state index in [1.807, 2.05) is 0 Å². The number of allylic oxidation sites excluding steroid dienone is 24. The molecule has 0 rings (SSSR count). The van der Waals surface area contributed by atoms with E-state index in [1.165, 1.54) is 89.9 Å². The third-order valence-electron chi connectivity index (χ3n) is 13.3. The zero-order valence-corrected chi connectivity index (χ0v) is 51.1. The molecule has 0 aliphatic heterocycles. The summed E-state index contributed by atoms with van der Waals surface area (Å²) >= 11 is 0. The highest BCUT2D eigenvalue weighted by Crippen LogP contribution is 2.15. The Morgan fingerprint density at radius 1 is 0.266 bits per heavy atom. The average molecular weight is 1090 g/mol.